The Morgan fingerprint density at radius 2 is 1.88 bits per heavy atom. The number of esters is 1. The summed E-state index contributed by atoms with van der Waals surface area (Å²) in [5, 5.41) is 0.868. The Balaban J connectivity index is 1.77. The molecule has 0 saturated carbocycles. The van der Waals surface area contributed by atoms with Crippen molar-refractivity contribution in [3.8, 4) is 0 Å². The average Bonchev–Trinajstić information content (AvgIpc) is 3.05. The Labute approximate surface area is 146 Å². The van der Waals surface area contributed by atoms with Crippen LogP contribution in [-0.2, 0) is 11.2 Å². The van der Waals surface area contributed by atoms with E-state index in [2.05, 4.69) is 11.9 Å². The molecule has 4 nitrogen and oxygen atoms in total. The van der Waals surface area contributed by atoms with E-state index < -0.39 is 5.97 Å². The Morgan fingerprint density at radius 3 is 2.64 bits per heavy atom. The minimum absolute atomic E-state index is 0.210. The fourth-order valence-electron chi connectivity index (χ4n) is 2.98. The van der Waals surface area contributed by atoms with Gasteiger partial charge >= 0.3 is 5.97 Å². The Bertz CT molecular complexity index is 953. The molecule has 0 fully saturated rings. The molecule has 0 saturated heterocycles. The zero-order valence-corrected chi connectivity index (χ0v) is 14.7. The van der Waals surface area contributed by atoms with Gasteiger partial charge in [0.15, 0.2) is 6.61 Å². The number of H-pyrrole nitrogens is 1. The van der Waals surface area contributed by atoms with Gasteiger partial charge in [-0.3, -0.25) is 4.79 Å². The molecular weight excluding hydrogens is 314 g/mol. The van der Waals surface area contributed by atoms with Crippen molar-refractivity contribution in [2.45, 2.75) is 27.2 Å². The number of ketones is 1. The van der Waals surface area contributed by atoms with Gasteiger partial charge in [0.2, 0.25) is 5.78 Å². The molecule has 0 unspecified atom stereocenters. The number of aromatic nitrogens is 1. The molecule has 0 aliphatic rings. The molecule has 2 aromatic carbocycles. The fourth-order valence-corrected chi connectivity index (χ4v) is 2.98. The molecule has 0 aliphatic carbocycles. The van der Waals surface area contributed by atoms with Gasteiger partial charge in [-0.1, -0.05) is 42.8 Å². The van der Waals surface area contributed by atoms with E-state index in [0.29, 0.717) is 11.1 Å². The van der Waals surface area contributed by atoms with E-state index in [9.17, 15) is 9.59 Å². The largest absolute Gasteiger partial charge is 0.454 e. The smallest absolute Gasteiger partial charge is 0.338 e. The Kier molecular flexibility index (Phi) is 4.70. The van der Waals surface area contributed by atoms with Crippen molar-refractivity contribution >= 4 is 22.7 Å². The molecule has 4 heteroatoms. The van der Waals surface area contributed by atoms with E-state index in [1.165, 1.54) is 0 Å². The number of para-hydroxylation sites is 1. The molecule has 0 atom stereocenters. The van der Waals surface area contributed by atoms with Crippen LogP contribution in [0.4, 0.5) is 0 Å². The lowest BCUT2D eigenvalue weighted by atomic mass is 10.0. The van der Waals surface area contributed by atoms with E-state index >= 15 is 0 Å². The van der Waals surface area contributed by atoms with Crippen molar-refractivity contribution < 1.29 is 14.3 Å². The summed E-state index contributed by atoms with van der Waals surface area (Å²) in [6.45, 7) is 5.57. The van der Waals surface area contributed by atoms with E-state index in [4.69, 9.17) is 4.74 Å². The second-order valence-corrected chi connectivity index (χ2v) is 6.21. The Hall–Kier alpha value is -2.88. The molecule has 0 aliphatic heterocycles. The lowest BCUT2D eigenvalue weighted by Gasteiger charge is -2.07. The maximum absolute atomic E-state index is 12.5. The van der Waals surface area contributed by atoms with Crippen LogP contribution in [0.3, 0.4) is 0 Å². The van der Waals surface area contributed by atoms with Gasteiger partial charge in [-0.05, 0) is 37.5 Å². The van der Waals surface area contributed by atoms with Gasteiger partial charge in [-0.2, -0.15) is 0 Å². The van der Waals surface area contributed by atoms with Crippen molar-refractivity contribution in [1.29, 1.82) is 0 Å². The summed E-state index contributed by atoms with van der Waals surface area (Å²) in [6.07, 6.45) is 2.57. The van der Waals surface area contributed by atoms with Crippen LogP contribution >= 0.6 is 0 Å². The van der Waals surface area contributed by atoms with Crippen LogP contribution in [0, 0.1) is 13.8 Å². The normalized spacial score (nSPS) is 10.8. The van der Waals surface area contributed by atoms with E-state index in [-0.39, 0.29) is 12.4 Å². The number of rotatable bonds is 5. The summed E-state index contributed by atoms with van der Waals surface area (Å²) >= 11 is 0. The molecule has 25 heavy (non-hydrogen) atoms. The van der Waals surface area contributed by atoms with Crippen molar-refractivity contribution in [1.82, 2.24) is 4.98 Å². The number of benzene rings is 2. The number of carbonyl (C=O) groups is 2. The maximum Gasteiger partial charge on any atom is 0.338 e. The van der Waals surface area contributed by atoms with Gasteiger partial charge in [0.25, 0.3) is 0 Å². The lowest BCUT2D eigenvalue weighted by molar-refractivity contribution is 0.0474. The number of ether oxygens (including phenoxy) is 1. The van der Waals surface area contributed by atoms with Crippen molar-refractivity contribution in [2.24, 2.45) is 0 Å². The van der Waals surface area contributed by atoms with Crippen molar-refractivity contribution in [2.75, 3.05) is 6.61 Å². The standard InChI is InChI=1S/C21H21NO3/c1-4-15-6-5-7-16-18(11-22-20(15)16)19(23)12-25-21(24)17-10-13(2)8-9-14(17)3/h5-11,22H,4,12H2,1-3H3. The maximum atomic E-state index is 12.5. The van der Waals surface area contributed by atoms with Crippen LogP contribution in [0.25, 0.3) is 10.9 Å². The second-order valence-electron chi connectivity index (χ2n) is 6.21. The van der Waals surface area contributed by atoms with Crippen LogP contribution in [0.1, 0.15) is 44.3 Å². The van der Waals surface area contributed by atoms with E-state index in [0.717, 1.165) is 34.0 Å². The first kappa shape index (κ1) is 17.0. The summed E-state index contributed by atoms with van der Waals surface area (Å²) in [4.78, 5) is 27.9. The highest BCUT2D eigenvalue weighted by molar-refractivity contribution is 6.09. The third kappa shape index (κ3) is 3.33. The lowest BCUT2D eigenvalue weighted by Crippen LogP contribution is -2.15. The number of hydrogen-bond donors (Lipinski definition) is 1. The van der Waals surface area contributed by atoms with Gasteiger partial charge in [-0.25, -0.2) is 4.79 Å². The van der Waals surface area contributed by atoms with Gasteiger partial charge in [0.05, 0.1) is 5.56 Å². The predicted molar refractivity (Wildman–Crippen MR) is 98.2 cm³/mol. The molecule has 3 rings (SSSR count). The molecule has 128 valence electrons. The SMILES string of the molecule is CCc1cccc2c(C(=O)COC(=O)c3cc(C)ccc3C)c[nH]c12. The summed E-state index contributed by atoms with van der Waals surface area (Å²) in [6, 6.07) is 11.5. The van der Waals surface area contributed by atoms with Crippen molar-refractivity contribution in [3.63, 3.8) is 0 Å². The molecule has 0 bridgehead atoms. The first-order valence-corrected chi connectivity index (χ1v) is 8.37. The van der Waals surface area contributed by atoms with Gasteiger partial charge in [0, 0.05) is 22.7 Å². The number of hydrogen-bond acceptors (Lipinski definition) is 3. The number of Topliss-reactive ketones (excluding diaryl/α,β-unsaturated/α-hetero) is 1. The Morgan fingerprint density at radius 1 is 1.08 bits per heavy atom. The number of carbonyl (C=O) groups excluding carboxylic acids is 2. The zero-order valence-electron chi connectivity index (χ0n) is 14.7. The highest BCUT2D eigenvalue weighted by Crippen LogP contribution is 2.23. The molecule has 1 heterocycles. The highest BCUT2D eigenvalue weighted by atomic mass is 16.5. The molecule has 0 radical (unpaired) electrons. The quantitative estimate of drug-likeness (QED) is 0.556. The predicted octanol–water partition coefficient (Wildman–Crippen LogP) is 4.39. The molecule has 0 amide bonds. The van der Waals surface area contributed by atoms with Gasteiger partial charge in [-0.15, -0.1) is 0 Å². The number of aryl methyl sites for hydroxylation is 3. The topological polar surface area (TPSA) is 59.2 Å². The zero-order chi connectivity index (χ0) is 18.0. The number of nitrogens with one attached hydrogen (secondary N) is 1. The minimum atomic E-state index is -0.469. The van der Waals surface area contributed by atoms with Crippen LogP contribution in [0.2, 0.25) is 0 Å². The van der Waals surface area contributed by atoms with E-state index in [1.54, 1.807) is 12.3 Å². The monoisotopic (exact) mass is 335 g/mol. The summed E-state index contributed by atoms with van der Waals surface area (Å²) in [5.41, 5.74) is 4.99. The summed E-state index contributed by atoms with van der Waals surface area (Å²) < 4.78 is 5.25. The average molecular weight is 335 g/mol. The third-order valence-electron chi connectivity index (χ3n) is 4.43. The van der Waals surface area contributed by atoms with Gasteiger partial charge < -0.3 is 9.72 Å². The van der Waals surface area contributed by atoms with E-state index in [1.807, 2.05) is 44.2 Å². The van der Waals surface area contributed by atoms with Crippen LogP contribution < -0.4 is 0 Å². The third-order valence-corrected chi connectivity index (χ3v) is 4.43. The van der Waals surface area contributed by atoms with Gasteiger partial charge in [0.1, 0.15) is 0 Å². The molecule has 1 N–H and O–H groups in total. The summed E-state index contributed by atoms with van der Waals surface area (Å²) in [7, 11) is 0. The molecule has 0 spiro atoms. The second kappa shape index (κ2) is 6.93. The molecular formula is C21H21NO3. The number of aromatic amines is 1. The fraction of sp³-hybridized carbons (Fsp3) is 0.238. The first-order chi connectivity index (χ1) is 12.0. The minimum Gasteiger partial charge on any atom is -0.454 e. The van der Waals surface area contributed by atoms with Crippen molar-refractivity contribution in [3.05, 3.63) is 70.4 Å². The molecule has 1 aromatic heterocycles. The molecule has 3 aromatic rings. The number of fused-ring (bicyclic) bond motifs is 1. The summed E-state index contributed by atoms with van der Waals surface area (Å²) in [5.74, 6) is -0.679. The van der Waals surface area contributed by atoms with Crippen LogP contribution in [0.15, 0.2) is 42.6 Å². The van der Waals surface area contributed by atoms with Crippen LogP contribution in [-0.4, -0.2) is 23.3 Å². The first-order valence-electron chi connectivity index (χ1n) is 8.37. The highest BCUT2D eigenvalue weighted by Gasteiger charge is 2.17. The van der Waals surface area contributed by atoms with Crippen LogP contribution in [0.5, 0.6) is 0 Å².